The smallest absolute Gasteiger partial charge is 0.111 e. The van der Waals surface area contributed by atoms with Gasteiger partial charge in [-0.1, -0.05) is 18.2 Å². The Morgan fingerprint density at radius 2 is 2.00 bits per heavy atom. The molecule has 2 heterocycles. The van der Waals surface area contributed by atoms with Gasteiger partial charge in [0.15, 0.2) is 0 Å². The molecule has 0 bridgehead atoms. The first-order valence-corrected chi connectivity index (χ1v) is 6.29. The molecule has 0 atom stereocenters. The predicted molar refractivity (Wildman–Crippen MR) is 75.7 cm³/mol. The summed E-state index contributed by atoms with van der Waals surface area (Å²) in [6.07, 6.45) is 3.67. The maximum absolute atomic E-state index is 8.90. The molecule has 96 valence electrons. The van der Waals surface area contributed by atoms with Crippen LogP contribution in [0, 0.1) is 11.3 Å². The van der Waals surface area contributed by atoms with E-state index in [2.05, 4.69) is 16.2 Å². The Morgan fingerprint density at radius 1 is 1.05 bits per heavy atom. The molecule has 0 N–H and O–H groups in total. The van der Waals surface area contributed by atoms with Gasteiger partial charge in [-0.25, -0.2) is 0 Å². The molecule has 0 fully saturated rings. The fourth-order valence-electron chi connectivity index (χ4n) is 2.03. The van der Waals surface area contributed by atoms with E-state index in [4.69, 9.17) is 5.26 Å². The first-order chi connectivity index (χ1) is 9.85. The van der Waals surface area contributed by atoms with Crippen molar-refractivity contribution in [3.05, 3.63) is 72.1 Å². The maximum Gasteiger partial charge on any atom is 0.111 e. The van der Waals surface area contributed by atoms with Gasteiger partial charge in [-0.3, -0.25) is 9.67 Å². The molecule has 0 spiro atoms. The van der Waals surface area contributed by atoms with Crippen molar-refractivity contribution in [2.24, 2.45) is 0 Å². The van der Waals surface area contributed by atoms with Gasteiger partial charge in [0, 0.05) is 12.4 Å². The van der Waals surface area contributed by atoms with E-state index in [-0.39, 0.29) is 0 Å². The van der Waals surface area contributed by atoms with Crippen molar-refractivity contribution in [1.29, 1.82) is 5.26 Å². The molecule has 4 heteroatoms. The van der Waals surface area contributed by atoms with Crippen LogP contribution in [0.25, 0.3) is 11.4 Å². The highest BCUT2D eigenvalue weighted by Crippen LogP contribution is 2.14. The number of nitriles is 1. The van der Waals surface area contributed by atoms with E-state index in [1.807, 2.05) is 53.3 Å². The van der Waals surface area contributed by atoms with Crippen molar-refractivity contribution >= 4 is 0 Å². The summed E-state index contributed by atoms with van der Waals surface area (Å²) < 4.78 is 1.85. The van der Waals surface area contributed by atoms with E-state index >= 15 is 0 Å². The predicted octanol–water partition coefficient (Wildman–Crippen LogP) is 2.87. The third-order valence-electron chi connectivity index (χ3n) is 2.97. The maximum atomic E-state index is 8.90. The molecule has 20 heavy (non-hydrogen) atoms. The Balaban J connectivity index is 1.83. The van der Waals surface area contributed by atoms with Gasteiger partial charge in [0.2, 0.25) is 0 Å². The van der Waals surface area contributed by atoms with Gasteiger partial charge in [0.25, 0.3) is 0 Å². The van der Waals surface area contributed by atoms with Crippen LogP contribution in [0.15, 0.2) is 60.9 Å². The molecule has 3 aromatic rings. The summed E-state index contributed by atoms with van der Waals surface area (Å²) in [7, 11) is 0. The molecular weight excluding hydrogens is 248 g/mol. The normalized spacial score (nSPS) is 10.2. The van der Waals surface area contributed by atoms with Crippen LogP contribution < -0.4 is 0 Å². The van der Waals surface area contributed by atoms with Crippen LogP contribution in [0.2, 0.25) is 0 Å². The summed E-state index contributed by atoms with van der Waals surface area (Å²) in [5.74, 6) is 0. The molecule has 0 aliphatic carbocycles. The third kappa shape index (κ3) is 2.57. The molecule has 0 aliphatic heterocycles. The Bertz CT molecular complexity index is 753. The molecule has 0 saturated heterocycles. The molecule has 0 radical (unpaired) electrons. The van der Waals surface area contributed by atoms with Crippen molar-refractivity contribution in [2.45, 2.75) is 6.54 Å². The monoisotopic (exact) mass is 260 g/mol. The lowest BCUT2D eigenvalue weighted by Gasteiger charge is -2.02. The highest BCUT2D eigenvalue weighted by molar-refractivity contribution is 5.52. The fraction of sp³-hybridized carbons (Fsp3) is 0.0625. The second kappa shape index (κ2) is 5.37. The van der Waals surface area contributed by atoms with Gasteiger partial charge < -0.3 is 0 Å². The van der Waals surface area contributed by atoms with Crippen LogP contribution in [0.3, 0.4) is 0 Å². The number of hydrogen-bond donors (Lipinski definition) is 0. The van der Waals surface area contributed by atoms with Gasteiger partial charge in [-0.2, -0.15) is 10.4 Å². The second-order valence-corrected chi connectivity index (χ2v) is 4.43. The average Bonchev–Trinajstić information content (AvgIpc) is 2.97. The lowest BCUT2D eigenvalue weighted by molar-refractivity contribution is 0.688. The van der Waals surface area contributed by atoms with Gasteiger partial charge in [-0.15, -0.1) is 0 Å². The first kappa shape index (κ1) is 12.1. The SMILES string of the molecule is N#Cc1cccc(Cn2ccc(-c3ccccn3)n2)c1. The molecule has 0 saturated carbocycles. The number of nitrogens with zero attached hydrogens (tertiary/aromatic N) is 4. The lowest BCUT2D eigenvalue weighted by atomic mass is 10.1. The Labute approximate surface area is 116 Å². The van der Waals surface area contributed by atoms with Gasteiger partial charge in [0.1, 0.15) is 5.69 Å². The average molecular weight is 260 g/mol. The minimum atomic E-state index is 0.641. The van der Waals surface area contributed by atoms with Crippen molar-refractivity contribution in [1.82, 2.24) is 14.8 Å². The van der Waals surface area contributed by atoms with Crippen LogP contribution in [-0.2, 0) is 6.54 Å². The van der Waals surface area contributed by atoms with Crippen LogP contribution in [0.4, 0.5) is 0 Å². The van der Waals surface area contributed by atoms with E-state index in [0.29, 0.717) is 12.1 Å². The fourth-order valence-corrected chi connectivity index (χ4v) is 2.03. The third-order valence-corrected chi connectivity index (χ3v) is 2.97. The Hall–Kier alpha value is -2.93. The van der Waals surface area contributed by atoms with Crippen LogP contribution >= 0.6 is 0 Å². The molecular formula is C16H12N4. The number of aromatic nitrogens is 3. The topological polar surface area (TPSA) is 54.5 Å². The van der Waals surface area contributed by atoms with E-state index in [1.54, 1.807) is 12.3 Å². The summed E-state index contributed by atoms with van der Waals surface area (Å²) >= 11 is 0. The lowest BCUT2D eigenvalue weighted by Crippen LogP contribution is -2.00. The van der Waals surface area contributed by atoms with E-state index in [0.717, 1.165) is 17.0 Å². The quantitative estimate of drug-likeness (QED) is 0.727. The van der Waals surface area contributed by atoms with Crippen molar-refractivity contribution in [2.75, 3.05) is 0 Å². The van der Waals surface area contributed by atoms with Crippen LogP contribution in [-0.4, -0.2) is 14.8 Å². The standard InChI is InChI=1S/C16H12N4/c17-11-13-4-3-5-14(10-13)12-20-9-7-16(19-20)15-6-1-2-8-18-15/h1-10H,12H2. The van der Waals surface area contributed by atoms with E-state index < -0.39 is 0 Å². The zero-order chi connectivity index (χ0) is 13.8. The Morgan fingerprint density at radius 3 is 2.80 bits per heavy atom. The zero-order valence-electron chi connectivity index (χ0n) is 10.8. The second-order valence-electron chi connectivity index (χ2n) is 4.43. The highest BCUT2D eigenvalue weighted by Gasteiger charge is 2.03. The highest BCUT2D eigenvalue weighted by atomic mass is 15.3. The van der Waals surface area contributed by atoms with Gasteiger partial charge in [-0.05, 0) is 35.9 Å². The molecule has 0 aliphatic rings. The van der Waals surface area contributed by atoms with Crippen molar-refractivity contribution in [3.8, 4) is 17.5 Å². The number of rotatable bonds is 3. The Kier molecular flexibility index (Phi) is 3.25. The molecule has 0 unspecified atom stereocenters. The summed E-state index contributed by atoms with van der Waals surface area (Å²) in [6.45, 7) is 0.641. The van der Waals surface area contributed by atoms with Gasteiger partial charge >= 0.3 is 0 Å². The van der Waals surface area contributed by atoms with E-state index in [9.17, 15) is 0 Å². The summed E-state index contributed by atoms with van der Waals surface area (Å²) in [4.78, 5) is 4.28. The molecule has 4 nitrogen and oxygen atoms in total. The zero-order valence-corrected chi connectivity index (χ0v) is 10.8. The molecule has 0 amide bonds. The summed E-state index contributed by atoms with van der Waals surface area (Å²) in [5, 5.41) is 13.4. The van der Waals surface area contributed by atoms with Crippen molar-refractivity contribution < 1.29 is 0 Å². The van der Waals surface area contributed by atoms with Crippen molar-refractivity contribution in [3.63, 3.8) is 0 Å². The largest absolute Gasteiger partial charge is 0.268 e. The number of pyridine rings is 1. The summed E-state index contributed by atoms with van der Waals surface area (Å²) in [6, 6.07) is 17.4. The van der Waals surface area contributed by atoms with Gasteiger partial charge in [0.05, 0.1) is 23.9 Å². The van der Waals surface area contributed by atoms with Crippen LogP contribution in [0.5, 0.6) is 0 Å². The molecule has 1 aromatic carbocycles. The molecule has 3 rings (SSSR count). The van der Waals surface area contributed by atoms with Crippen LogP contribution in [0.1, 0.15) is 11.1 Å². The number of benzene rings is 1. The first-order valence-electron chi connectivity index (χ1n) is 6.29. The minimum Gasteiger partial charge on any atom is -0.268 e. The summed E-state index contributed by atoms with van der Waals surface area (Å²) in [5.41, 5.74) is 3.43. The molecule has 2 aromatic heterocycles. The van der Waals surface area contributed by atoms with E-state index in [1.165, 1.54) is 0 Å². The minimum absolute atomic E-state index is 0.641. The number of hydrogen-bond acceptors (Lipinski definition) is 3.